The molecule has 0 spiro atoms. The number of benzene rings is 3. The molecule has 1 saturated carbocycles. The molecule has 236 valence electrons. The first-order valence-corrected chi connectivity index (χ1v) is 14.4. The molecule has 10 nitrogen and oxygen atoms in total. The first kappa shape index (κ1) is 35.2. The topological polar surface area (TPSA) is 136 Å². The smallest absolute Gasteiger partial charge is 1.00 e. The number of carboxylic acids is 1. The Balaban J connectivity index is 0.00000300. The summed E-state index contributed by atoms with van der Waals surface area (Å²) in [5.41, 5.74) is -0.278. The molecule has 3 N–H and O–H groups in total. The Morgan fingerprint density at radius 1 is 0.870 bits per heavy atom. The van der Waals surface area contributed by atoms with Crippen molar-refractivity contribution < 1.29 is 95.3 Å². The summed E-state index contributed by atoms with van der Waals surface area (Å²) in [6.45, 7) is 2.47. The number of halogens is 2. The van der Waals surface area contributed by atoms with Gasteiger partial charge in [-0.1, -0.05) is 0 Å². The third kappa shape index (κ3) is 8.59. The number of carboxylic acid groups (broad SMARTS) is 1. The van der Waals surface area contributed by atoms with E-state index in [1.165, 1.54) is 42.6 Å². The van der Waals surface area contributed by atoms with Crippen LogP contribution in [0.25, 0.3) is 10.9 Å². The van der Waals surface area contributed by atoms with Gasteiger partial charge < -0.3 is 31.4 Å². The zero-order valence-corrected chi connectivity index (χ0v) is 28.5. The van der Waals surface area contributed by atoms with Gasteiger partial charge in [0.25, 0.3) is 0 Å². The predicted molar refractivity (Wildman–Crippen MR) is 163 cm³/mol. The predicted octanol–water partition coefficient (Wildman–Crippen LogP) is 3.81. The van der Waals surface area contributed by atoms with Crippen LogP contribution in [-0.2, 0) is 14.4 Å². The fraction of sp³-hybridized carbons (Fsp3) is 0.273. The van der Waals surface area contributed by atoms with E-state index in [4.69, 9.17) is 19.3 Å². The maximum atomic E-state index is 15.2. The third-order valence-corrected chi connectivity index (χ3v) is 7.24. The number of ether oxygens (including phenoxy) is 3. The van der Waals surface area contributed by atoms with Crippen LogP contribution in [0.3, 0.4) is 0 Å². The summed E-state index contributed by atoms with van der Waals surface area (Å²) in [6.07, 6.45) is 3.24. The van der Waals surface area contributed by atoms with E-state index in [1.807, 2.05) is 6.92 Å². The van der Waals surface area contributed by atoms with Crippen molar-refractivity contribution >= 4 is 40.1 Å². The minimum atomic E-state index is -1.30. The second kappa shape index (κ2) is 15.8. The number of hydrogen-bond donors (Lipinski definition) is 3. The van der Waals surface area contributed by atoms with Crippen molar-refractivity contribution in [1.29, 1.82) is 0 Å². The average Bonchev–Trinajstić information content (AvgIpc) is 3.82. The molecule has 1 fully saturated rings. The third-order valence-electron chi connectivity index (χ3n) is 7.24. The van der Waals surface area contributed by atoms with Gasteiger partial charge >= 0.3 is 57.4 Å². The molecule has 4 aromatic rings. The Hall–Kier alpha value is -3.62. The van der Waals surface area contributed by atoms with Crippen LogP contribution < -0.4 is 76.2 Å². The molecule has 3 aromatic carbocycles. The molecular formula is C33H32F2KN3O7. The van der Waals surface area contributed by atoms with Gasteiger partial charge in [-0.05, 0) is 81.1 Å². The molecule has 0 atom stereocenters. The number of aliphatic carboxylic acids is 1. The zero-order valence-electron chi connectivity index (χ0n) is 26.4. The van der Waals surface area contributed by atoms with Crippen molar-refractivity contribution in [3.8, 4) is 23.0 Å². The van der Waals surface area contributed by atoms with Crippen LogP contribution in [0.5, 0.6) is 23.0 Å². The number of aromatic nitrogens is 1. The first-order chi connectivity index (χ1) is 21.7. The number of amides is 2. The summed E-state index contributed by atoms with van der Waals surface area (Å²) in [7, 11) is 0. The second-order valence-corrected chi connectivity index (χ2v) is 10.5. The van der Waals surface area contributed by atoms with Gasteiger partial charge in [-0.25, -0.2) is 8.78 Å². The number of nitrogens with one attached hydrogen (secondary N) is 2. The van der Waals surface area contributed by atoms with E-state index >= 15 is 4.39 Å². The summed E-state index contributed by atoms with van der Waals surface area (Å²) >= 11 is 0. The Morgan fingerprint density at radius 2 is 1.54 bits per heavy atom. The van der Waals surface area contributed by atoms with Crippen LogP contribution in [-0.4, -0.2) is 41.1 Å². The van der Waals surface area contributed by atoms with E-state index in [1.54, 1.807) is 18.2 Å². The number of hydrogen-bond acceptors (Lipinski definition) is 7. The number of rotatable bonds is 14. The molecule has 1 heterocycles. The number of anilines is 2. The van der Waals surface area contributed by atoms with E-state index in [0.717, 1.165) is 6.07 Å². The molecule has 0 aliphatic heterocycles. The fourth-order valence-corrected chi connectivity index (χ4v) is 4.66. The molecule has 13 heteroatoms. The van der Waals surface area contributed by atoms with Crippen molar-refractivity contribution in [3.05, 3.63) is 78.5 Å². The maximum absolute atomic E-state index is 15.2. The summed E-state index contributed by atoms with van der Waals surface area (Å²) in [6, 6.07) is 14.1. The number of pyridine rings is 1. The van der Waals surface area contributed by atoms with Gasteiger partial charge in [0.1, 0.15) is 17.0 Å². The van der Waals surface area contributed by atoms with Crippen molar-refractivity contribution in [2.24, 2.45) is 5.41 Å². The molecule has 5 rings (SSSR count). The van der Waals surface area contributed by atoms with Crippen LogP contribution in [0.1, 0.15) is 40.5 Å². The van der Waals surface area contributed by atoms with Crippen molar-refractivity contribution in [2.45, 2.75) is 39.0 Å². The fourth-order valence-electron chi connectivity index (χ4n) is 4.66. The molecule has 46 heavy (non-hydrogen) atoms. The van der Waals surface area contributed by atoms with Crippen molar-refractivity contribution in [3.63, 3.8) is 0 Å². The summed E-state index contributed by atoms with van der Waals surface area (Å²) in [4.78, 5) is 41.0. The quantitative estimate of drug-likeness (QED) is 0.106. The van der Waals surface area contributed by atoms with Crippen LogP contribution in [0.4, 0.5) is 20.2 Å². The van der Waals surface area contributed by atoms with Gasteiger partial charge in [0.15, 0.2) is 23.1 Å². The average molecular weight is 660 g/mol. The number of nitrogens with zero attached hydrogens (tertiary/aromatic N) is 1. The number of fused-ring (bicyclic) bond motifs is 1. The summed E-state index contributed by atoms with van der Waals surface area (Å²) < 4.78 is 45.9. The van der Waals surface area contributed by atoms with Gasteiger partial charge in [0.05, 0.1) is 18.7 Å². The van der Waals surface area contributed by atoms with Crippen molar-refractivity contribution in [2.75, 3.05) is 23.8 Å². The number of carbonyl (C=O) groups excluding carboxylic acids is 2. The molecule has 0 radical (unpaired) electrons. The van der Waals surface area contributed by atoms with Gasteiger partial charge in [0.2, 0.25) is 11.8 Å². The largest absolute Gasteiger partial charge is 1.00 e. The normalized spacial score (nSPS) is 12.8. The molecule has 2 amide bonds. The monoisotopic (exact) mass is 659 g/mol. The van der Waals surface area contributed by atoms with E-state index in [-0.39, 0.29) is 70.7 Å². The van der Waals surface area contributed by atoms with E-state index in [0.29, 0.717) is 72.7 Å². The first-order valence-electron chi connectivity index (χ1n) is 14.4. The Kier molecular flexibility index (Phi) is 12.1. The molecule has 0 bridgehead atoms. The van der Waals surface area contributed by atoms with Crippen molar-refractivity contribution in [1.82, 2.24) is 4.98 Å². The van der Waals surface area contributed by atoms with E-state index in [9.17, 15) is 18.8 Å². The van der Waals surface area contributed by atoms with Crippen LogP contribution >= 0.6 is 0 Å². The van der Waals surface area contributed by atoms with Crippen LogP contribution in [0.2, 0.25) is 0 Å². The molecule has 1 aliphatic rings. The summed E-state index contributed by atoms with van der Waals surface area (Å²) in [5.74, 6) is -2.08. The molecular weight excluding hydrogens is 627 g/mol. The zero-order chi connectivity index (χ0) is 32.0. The van der Waals surface area contributed by atoms with E-state index < -0.39 is 34.8 Å². The molecule has 0 saturated heterocycles. The Morgan fingerprint density at radius 3 is 2.20 bits per heavy atom. The Bertz CT molecular complexity index is 1740. The minimum absolute atomic E-state index is 0. The van der Waals surface area contributed by atoms with Crippen LogP contribution in [0, 0.1) is 17.0 Å². The minimum Gasteiger partial charge on any atom is -1.00 e. The molecule has 0 unspecified atom stereocenters. The van der Waals surface area contributed by atoms with E-state index in [2.05, 4.69) is 15.6 Å². The van der Waals surface area contributed by atoms with Crippen LogP contribution in [0.15, 0.2) is 66.9 Å². The van der Waals surface area contributed by atoms with Gasteiger partial charge in [-0.15, -0.1) is 0 Å². The standard InChI is InChI=1S/C33H31F2N3O7.K.H/c1-2-43-28-18-23-25(19-29(28)44-16-4-3-5-30(39)40)36-15-12-26(23)45-27-11-10-22(17-24(27)35)38-32(42)33(13-14-33)31(41)37-21-8-6-20(34)7-9-21;;/h6-12,15,17-19H,2-5,13-14,16H2,1H3,(H,37,41)(H,38,42)(H,39,40);;/q;+1;-1. The number of carbonyl (C=O) groups is 3. The Labute approximate surface area is 307 Å². The summed E-state index contributed by atoms with van der Waals surface area (Å²) in [5, 5.41) is 14.6. The van der Waals surface area contributed by atoms with Gasteiger partial charge in [0, 0.05) is 41.5 Å². The number of unbranched alkanes of at least 4 members (excludes halogenated alkanes) is 1. The SMILES string of the molecule is CCOc1cc2c(Oc3ccc(NC(=O)C4(C(=O)Nc5ccc(F)cc5)CC4)cc3F)ccnc2cc1OCCCCC(=O)O.[H-].[K+]. The molecule has 1 aliphatic carbocycles. The molecule has 1 aromatic heterocycles. The van der Waals surface area contributed by atoms with Gasteiger partial charge in [-0.3, -0.25) is 19.4 Å². The maximum Gasteiger partial charge on any atom is 1.00 e. The van der Waals surface area contributed by atoms with Gasteiger partial charge in [-0.2, -0.15) is 0 Å². The second-order valence-electron chi connectivity index (χ2n) is 10.5.